The van der Waals surface area contributed by atoms with E-state index in [1.807, 2.05) is 0 Å². The maximum atomic E-state index is 12.2. The number of aromatic hydroxyl groups is 2. The molecule has 0 atom stereocenters. The van der Waals surface area contributed by atoms with Gasteiger partial charge in [0.25, 0.3) is 10.2 Å². The van der Waals surface area contributed by atoms with Crippen molar-refractivity contribution < 1.29 is 23.4 Å². The predicted molar refractivity (Wildman–Crippen MR) is 77.1 cm³/mol. The number of rotatable bonds is 5. The molecular formula is C13H20N2O5S. The molecule has 21 heavy (non-hydrogen) atoms. The fraction of sp³-hybridized carbons (Fsp3) is 0.538. The number of benzene rings is 1. The molecule has 118 valence electrons. The predicted octanol–water partition coefficient (Wildman–Crippen LogP) is 0.543. The van der Waals surface area contributed by atoms with Gasteiger partial charge in [-0.2, -0.15) is 17.4 Å². The van der Waals surface area contributed by atoms with Gasteiger partial charge >= 0.3 is 0 Å². The molecule has 7 nitrogen and oxygen atoms in total. The van der Waals surface area contributed by atoms with Crippen LogP contribution >= 0.6 is 0 Å². The summed E-state index contributed by atoms with van der Waals surface area (Å²) in [6.45, 7) is 0.729. The normalized spacial score (nSPS) is 18.0. The van der Waals surface area contributed by atoms with Gasteiger partial charge in [0.2, 0.25) is 0 Å². The minimum atomic E-state index is -3.61. The van der Waals surface area contributed by atoms with Crippen molar-refractivity contribution in [1.82, 2.24) is 9.03 Å². The number of ether oxygens (including phenoxy) is 1. The molecule has 1 aliphatic rings. The summed E-state index contributed by atoms with van der Waals surface area (Å²) >= 11 is 0. The van der Waals surface area contributed by atoms with Crippen LogP contribution in [-0.2, 0) is 21.5 Å². The maximum Gasteiger partial charge on any atom is 0.279 e. The van der Waals surface area contributed by atoms with Crippen molar-refractivity contribution in [3.05, 3.63) is 23.8 Å². The van der Waals surface area contributed by atoms with Crippen molar-refractivity contribution in [2.45, 2.75) is 25.5 Å². The summed E-state index contributed by atoms with van der Waals surface area (Å²) in [6.07, 6.45) is 1.43. The molecule has 0 bridgehead atoms. The second kappa shape index (κ2) is 6.61. The fourth-order valence-electron chi connectivity index (χ4n) is 2.28. The van der Waals surface area contributed by atoms with Gasteiger partial charge in [-0.05, 0) is 31.0 Å². The summed E-state index contributed by atoms with van der Waals surface area (Å²) in [6, 6.07) is 3.99. The van der Waals surface area contributed by atoms with Crippen molar-refractivity contribution in [3.8, 4) is 11.5 Å². The monoisotopic (exact) mass is 316 g/mol. The SMILES string of the molecule is COC1CCN(S(=O)(=O)NCc2cc(O)ccc2O)CC1. The summed E-state index contributed by atoms with van der Waals surface area (Å²) < 4.78 is 33.4. The highest BCUT2D eigenvalue weighted by atomic mass is 32.2. The molecule has 0 saturated carbocycles. The lowest BCUT2D eigenvalue weighted by Gasteiger charge is -2.30. The minimum Gasteiger partial charge on any atom is -0.508 e. The zero-order valence-corrected chi connectivity index (χ0v) is 12.6. The van der Waals surface area contributed by atoms with Gasteiger partial charge in [-0.1, -0.05) is 0 Å². The summed E-state index contributed by atoms with van der Waals surface area (Å²) in [4.78, 5) is 0. The van der Waals surface area contributed by atoms with Crippen LogP contribution in [0, 0.1) is 0 Å². The molecule has 1 saturated heterocycles. The van der Waals surface area contributed by atoms with E-state index in [0.717, 1.165) is 0 Å². The molecule has 0 aromatic heterocycles. The van der Waals surface area contributed by atoms with E-state index in [1.54, 1.807) is 7.11 Å². The molecule has 8 heteroatoms. The summed E-state index contributed by atoms with van der Waals surface area (Å²) in [7, 11) is -1.99. The first-order chi connectivity index (χ1) is 9.92. The largest absolute Gasteiger partial charge is 0.508 e. The molecule has 0 radical (unpaired) electrons. The molecule has 0 aliphatic carbocycles. The maximum absolute atomic E-state index is 12.2. The van der Waals surface area contributed by atoms with Crippen LogP contribution in [0.25, 0.3) is 0 Å². The Labute approximate surface area is 124 Å². The Morgan fingerprint density at radius 3 is 2.62 bits per heavy atom. The Bertz CT molecular complexity index is 582. The van der Waals surface area contributed by atoms with Crippen LogP contribution in [0.4, 0.5) is 0 Å². The van der Waals surface area contributed by atoms with Crippen molar-refractivity contribution in [3.63, 3.8) is 0 Å². The number of piperidine rings is 1. The smallest absolute Gasteiger partial charge is 0.279 e. The fourth-order valence-corrected chi connectivity index (χ4v) is 3.49. The van der Waals surface area contributed by atoms with Gasteiger partial charge in [0.1, 0.15) is 11.5 Å². The number of methoxy groups -OCH3 is 1. The molecule has 0 amide bonds. The van der Waals surface area contributed by atoms with Crippen molar-refractivity contribution in [2.24, 2.45) is 0 Å². The lowest BCUT2D eigenvalue weighted by Crippen LogP contribution is -2.46. The highest BCUT2D eigenvalue weighted by Crippen LogP contribution is 2.22. The van der Waals surface area contributed by atoms with Gasteiger partial charge in [-0.3, -0.25) is 0 Å². The third-order valence-electron chi connectivity index (χ3n) is 3.58. The first kappa shape index (κ1) is 16.0. The van der Waals surface area contributed by atoms with Gasteiger partial charge in [-0.15, -0.1) is 0 Å². The van der Waals surface area contributed by atoms with Crippen LogP contribution < -0.4 is 4.72 Å². The lowest BCUT2D eigenvalue weighted by atomic mass is 10.1. The minimum absolute atomic E-state index is 0.0251. The number of phenols is 2. The second-order valence-corrected chi connectivity index (χ2v) is 6.73. The second-order valence-electron chi connectivity index (χ2n) is 4.97. The molecule has 1 aromatic carbocycles. The van der Waals surface area contributed by atoms with Crippen molar-refractivity contribution in [2.75, 3.05) is 20.2 Å². The van der Waals surface area contributed by atoms with Gasteiger partial charge in [0.05, 0.1) is 6.10 Å². The standard InChI is InChI=1S/C13H20N2O5S/c1-20-12-4-6-15(7-5-12)21(18,19)14-9-10-8-11(16)2-3-13(10)17/h2-3,8,12,14,16-17H,4-7,9H2,1H3. The molecule has 3 N–H and O–H groups in total. The van der Waals surface area contributed by atoms with Crippen LogP contribution in [-0.4, -0.2) is 49.2 Å². The number of hydrogen-bond acceptors (Lipinski definition) is 5. The number of nitrogens with one attached hydrogen (secondary N) is 1. The van der Waals surface area contributed by atoms with Gasteiger partial charge in [0.15, 0.2) is 0 Å². The van der Waals surface area contributed by atoms with Crippen molar-refractivity contribution in [1.29, 1.82) is 0 Å². The van der Waals surface area contributed by atoms with Crippen LogP contribution in [0.3, 0.4) is 0 Å². The molecule has 2 rings (SSSR count). The summed E-state index contributed by atoms with van der Waals surface area (Å²) in [5.74, 6) is -0.0866. The molecule has 1 aliphatic heterocycles. The molecule has 0 unspecified atom stereocenters. The first-order valence-corrected chi connectivity index (χ1v) is 8.15. The van der Waals surface area contributed by atoms with E-state index in [4.69, 9.17) is 4.74 Å². The van der Waals surface area contributed by atoms with Crippen LogP contribution in [0.1, 0.15) is 18.4 Å². The van der Waals surface area contributed by atoms with E-state index in [1.165, 1.54) is 22.5 Å². The molecule has 1 fully saturated rings. The quantitative estimate of drug-likeness (QED) is 0.689. The van der Waals surface area contributed by atoms with Crippen LogP contribution in [0.2, 0.25) is 0 Å². The Kier molecular flexibility index (Phi) is 5.04. The average molecular weight is 316 g/mol. The number of nitrogens with zero attached hydrogens (tertiary/aromatic N) is 1. The van der Waals surface area contributed by atoms with Crippen LogP contribution in [0.5, 0.6) is 11.5 Å². The van der Waals surface area contributed by atoms with E-state index < -0.39 is 10.2 Å². The zero-order valence-electron chi connectivity index (χ0n) is 11.8. The Hall–Kier alpha value is -1.35. The number of phenolic OH excluding ortho intramolecular Hbond substituents is 2. The lowest BCUT2D eigenvalue weighted by molar-refractivity contribution is 0.0602. The van der Waals surface area contributed by atoms with Gasteiger partial charge in [-0.25, -0.2) is 0 Å². The molecule has 1 heterocycles. The highest BCUT2D eigenvalue weighted by molar-refractivity contribution is 7.87. The Morgan fingerprint density at radius 1 is 1.33 bits per heavy atom. The molecular weight excluding hydrogens is 296 g/mol. The van der Waals surface area contributed by atoms with E-state index in [0.29, 0.717) is 31.5 Å². The molecule has 1 aromatic rings. The topological polar surface area (TPSA) is 99.1 Å². The van der Waals surface area contributed by atoms with Crippen LogP contribution in [0.15, 0.2) is 18.2 Å². The average Bonchev–Trinajstić information content (AvgIpc) is 2.48. The highest BCUT2D eigenvalue weighted by Gasteiger charge is 2.27. The third-order valence-corrected chi connectivity index (χ3v) is 5.14. The Morgan fingerprint density at radius 2 is 2.00 bits per heavy atom. The van der Waals surface area contributed by atoms with Gasteiger partial charge in [0, 0.05) is 32.3 Å². The molecule has 0 spiro atoms. The van der Waals surface area contributed by atoms with E-state index in [9.17, 15) is 18.6 Å². The first-order valence-electron chi connectivity index (χ1n) is 6.71. The Balaban J connectivity index is 1.97. The third kappa shape index (κ3) is 4.07. The van der Waals surface area contributed by atoms with E-state index >= 15 is 0 Å². The van der Waals surface area contributed by atoms with E-state index in [2.05, 4.69) is 4.72 Å². The zero-order chi connectivity index (χ0) is 15.5. The van der Waals surface area contributed by atoms with Crippen molar-refractivity contribution >= 4 is 10.2 Å². The van der Waals surface area contributed by atoms with Gasteiger partial charge < -0.3 is 14.9 Å². The summed E-state index contributed by atoms with van der Waals surface area (Å²) in [5, 5.41) is 19.0. The van der Waals surface area contributed by atoms with E-state index in [-0.39, 0.29) is 24.1 Å². The number of hydrogen-bond donors (Lipinski definition) is 3. The summed E-state index contributed by atoms with van der Waals surface area (Å²) in [5.41, 5.74) is 0.324.